The lowest BCUT2D eigenvalue weighted by molar-refractivity contribution is 0.202. The van der Waals surface area contributed by atoms with Crippen LogP contribution in [-0.4, -0.2) is 5.11 Å². The van der Waals surface area contributed by atoms with Crippen LogP contribution in [0.5, 0.6) is 11.5 Å². The van der Waals surface area contributed by atoms with Crippen LogP contribution in [0.25, 0.3) is 0 Å². The number of fused-ring (bicyclic) bond motifs is 2. The Kier molecular flexibility index (Phi) is 1.76. The number of aliphatic hydroxyl groups excluding tert-OH is 1. The molecule has 0 spiro atoms. The molecule has 1 heterocycles. The van der Waals surface area contributed by atoms with Gasteiger partial charge in [0, 0.05) is 11.1 Å². The van der Waals surface area contributed by atoms with Crippen LogP contribution >= 0.6 is 0 Å². The van der Waals surface area contributed by atoms with Gasteiger partial charge in [0.05, 0.1) is 0 Å². The van der Waals surface area contributed by atoms with E-state index in [0.29, 0.717) is 11.3 Å². The van der Waals surface area contributed by atoms with E-state index in [9.17, 15) is 5.11 Å². The summed E-state index contributed by atoms with van der Waals surface area (Å²) in [6.07, 6.45) is -0.633. The molecule has 0 fully saturated rings. The Balaban J connectivity index is 2.20. The van der Waals surface area contributed by atoms with E-state index in [1.807, 2.05) is 36.4 Å². The number of para-hydroxylation sites is 1. The van der Waals surface area contributed by atoms with E-state index in [0.717, 1.165) is 11.3 Å². The maximum absolute atomic E-state index is 10.1. The second kappa shape index (κ2) is 3.11. The predicted molar refractivity (Wildman–Crippen MR) is 55.9 cm³/mol. The van der Waals surface area contributed by atoms with Gasteiger partial charge in [-0.05, 0) is 18.2 Å². The molecule has 1 atom stereocenters. The number of hydrogen-bond donors (Lipinski definition) is 1. The molecule has 15 heavy (non-hydrogen) atoms. The van der Waals surface area contributed by atoms with E-state index in [2.05, 4.69) is 6.07 Å². The molecule has 1 aliphatic rings. The summed E-state index contributed by atoms with van der Waals surface area (Å²) in [6.45, 7) is 0. The van der Waals surface area contributed by atoms with E-state index in [1.165, 1.54) is 0 Å². The van der Waals surface area contributed by atoms with E-state index >= 15 is 0 Å². The SMILES string of the molecule is OC1c2[c]cccc2Oc2ccccc21. The molecule has 73 valence electrons. The number of ether oxygens (including phenoxy) is 1. The lowest BCUT2D eigenvalue weighted by Crippen LogP contribution is -2.09. The van der Waals surface area contributed by atoms with Gasteiger partial charge in [-0.1, -0.05) is 30.3 Å². The van der Waals surface area contributed by atoms with E-state index in [-0.39, 0.29) is 0 Å². The first-order chi connectivity index (χ1) is 7.36. The summed E-state index contributed by atoms with van der Waals surface area (Å²) < 4.78 is 5.66. The molecule has 0 saturated heterocycles. The molecule has 1 N–H and O–H groups in total. The molecule has 1 radical (unpaired) electrons. The minimum absolute atomic E-state index is 0.633. The normalized spacial score (nSPS) is 13.9. The van der Waals surface area contributed by atoms with Gasteiger partial charge in [-0.15, -0.1) is 0 Å². The summed E-state index contributed by atoms with van der Waals surface area (Å²) in [7, 11) is 0. The van der Waals surface area contributed by atoms with Crippen molar-refractivity contribution in [2.45, 2.75) is 6.10 Å². The molecule has 2 aromatic rings. The van der Waals surface area contributed by atoms with Crippen molar-refractivity contribution in [3.05, 3.63) is 59.7 Å². The largest absolute Gasteiger partial charge is 0.457 e. The van der Waals surface area contributed by atoms with Crippen molar-refractivity contribution in [3.63, 3.8) is 0 Å². The summed E-state index contributed by atoms with van der Waals surface area (Å²) in [5, 5.41) is 10.1. The molecule has 0 aromatic heterocycles. The number of hydrogen-bond acceptors (Lipinski definition) is 2. The molecule has 0 bridgehead atoms. The topological polar surface area (TPSA) is 29.5 Å². The number of benzene rings is 2. The second-order valence-electron chi connectivity index (χ2n) is 3.49. The third-order valence-corrected chi connectivity index (χ3v) is 2.56. The maximum atomic E-state index is 10.1. The predicted octanol–water partition coefficient (Wildman–Crippen LogP) is 2.67. The Morgan fingerprint density at radius 2 is 1.87 bits per heavy atom. The van der Waals surface area contributed by atoms with E-state index in [4.69, 9.17) is 4.74 Å². The standard InChI is InChI=1S/C13H9O2/c14-13-9-5-1-3-7-11(9)15-12-8-4-2-6-10(12)13/h1-5,7-8,13-14H. The summed E-state index contributed by atoms with van der Waals surface area (Å²) in [6, 6.07) is 16.0. The molecule has 0 aliphatic carbocycles. The van der Waals surface area contributed by atoms with Gasteiger partial charge in [0.2, 0.25) is 0 Å². The average Bonchev–Trinajstić information content (AvgIpc) is 2.30. The summed E-state index contributed by atoms with van der Waals surface area (Å²) in [5.41, 5.74) is 1.50. The first kappa shape index (κ1) is 8.50. The van der Waals surface area contributed by atoms with Gasteiger partial charge in [0.25, 0.3) is 0 Å². The quantitative estimate of drug-likeness (QED) is 0.703. The molecule has 2 nitrogen and oxygen atoms in total. The van der Waals surface area contributed by atoms with Gasteiger partial charge < -0.3 is 9.84 Å². The Bertz CT molecular complexity index is 460. The summed E-state index contributed by atoms with van der Waals surface area (Å²) in [5.74, 6) is 1.40. The van der Waals surface area contributed by atoms with Crippen molar-refractivity contribution in [2.75, 3.05) is 0 Å². The van der Waals surface area contributed by atoms with Gasteiger partial charge in [0.15, 0.2) is 0 Å². The van der Waals surface area contributed by atoms with Crippen molar-refractivity contribution in [3.8, 4) is 11.5 Å². The highest BCUT2D eigenvalue weighted by atomic mass is 16.5. The number of rotatable bonds is 0. The minimum Gasteiger partial charge on any atom is -0.457 e. The fourth-order valence-electron chi connectivity index (χ4n) is 1.81. The molecule has 0 amide bonds. The lowest BCUT2D eigenvalue weighted by atomic mass is 9.97. The molecular weight excluding hydrogens is 188 g/mol. The molecule has 0 saturated carbocycles. The zero-order chi connectivity index (χ0) is 10.3. The van der Waals surface area contributed by atoms with Crippen LogP contribution in [0.4, 0.5) is 0 Å². The van der Waals surface area contributed by atoms with Crippen molar-refractivity contribution in [2.24, 2.45) is 0 Å². The Hall–Kier alpha value is -1.80. The molecule has 3 rings (SSSR count). The minimum atomic E-state index is -0.633. The third kappa shape index (κ3) is 1.22. The highest BCUT2D eigenvalue weighted by molar-refractivity contribution is 5.51. The highest BCUT2D eigenvalue weighted by Crippen LogP contribution is 2.41. The van der Waals surface area contributed by atoms with E-state index < -0.39 is 6.10 Å². The van der Waals surface area contributed by atoms with Gasteiger partial charge in [-0.2, -0.15) is 0 Å². The molecule has 1 unspecified atom stereocenters. The molecular formula is C13H9O2. The molecule has 2 aromatic carbocycles. The summed E-state index contributed by atoms with van der Waals surface area (Å²) in [4.78, 5) is 0. The molecule has 1 aliphatic heterocycles. The average molecular weight is 197 g/mol. The highest BCUT2D eigenvalue weighted by Gasteiger charge is 2.24. The first-order valence-corrected chi connectivity index (χ1v) is 4.82. The van der Waals surface area contributed by atoms with E-state index in [1.54, 1.807) is 6.07 Å². The van der Waals surface area contributed by atoms with Gasteiger partial charge in [-0.3, -0.25) is 0 Å². The van der Waals surface area contributed by atoms with Gasteiger partial charge >= 0.3 is 0 Å². The van der Waals surface area contributed by atoms with Crippen LogP contribution in [0, 0.1) is 6.07 Å². The van der Waals surface area contributed by atoms with Crippen molar-refractivity contribution in [1.82, 2.24) is 0 Å². The van der Waals surface area contributed by atoms with Crippen molar-refractivity contribution in [1.29, 1.82) is 0 Å². The first-order valence-electron chi connectivity index (χ1n) is 4.82. The lowest BCUT2D eigenvalue weighted by Gasteiger charge is -2.24. The van der Waals surface area contributed by atoms with Crippen LogP contribution in [0.15, 0.2) is 42.5 Å². The van der Waals surface area contributed by atoms with Crippen molar-refractivity contribution >= 4 is 0 Å². The van der Waals surface area contributed by atoms with Crippen LogP contribution in [0.2, 0.25) is 0 Å². The Morgan fingerprint density at radius 3 is 2.80 bits per heavy atom. The third-order valence-electron chi connectivity index (χ3n) is 2.56. The second-order valence-corrected chi connectivity index (χ2v) is 3.49. The van der Waals surface area contributed by atoms with Crippen LogP contribution in [-0.2, 0) is 0 Å². The molecule has 2 heteroatoms. The fraction of sp³-hybridized carbons (Fsp3) is 0.0769. The zero-order valence-electron chi connectivity index (χ0n) is 7.97. The van der Waals surface area contributed by atoms with Crippen LogP contribution in [0.1, 0.15) is 17.2 Å². The van der Waals surface area contributed by atoms with Crippen LogP contribution in [0.3, 0.4) is 0 Å². The summed E-state index contributed by atoms with van der Waals surface area (Å²) >= 11 is 0. The van der Waals surface area contributed by atoms with Gasteiger partial charge in [-0.25, -0.2) is 0 Å². The smallest absolute Gasteiger partial charge is 0.134 e. The Morgan fingerprint density at radius 1 is 1.07 bits per heavy atom. The Labute approximate surface area is 87.8 Å². The van der Waals surface area contributed by atoms with Crippen LogP contribution < -0.4 is 4.74 Å². The maximum Gasteiger partial charge on any atom is 0.134 e. The fourth-order valence-corrected chi connectivity index (χ4v) is 1.81. The zero-order valence-corrected chi connectivity index (χ0v) is 7.97. The van der Waals surface area contributed by atoms with Gasteiger partial charge in [0.1, 0.15) is 17.6 Å². The number of aliphatic hydroxyl groups is 1. The monoisotopic (exact) mass is 197 g/mol. The van der Waals surface area contributed by atoms with Crippen molar-refractivity contribution < 1.29 is 9.84 Å².